The summed E-state index contributed by atoms with van der Waals surface area (Å²) in [6.45, 7) is 0. The highest BCUT2D eigenvalue weighted by molar-refractivity contribution is 6.17. The van der Waals surface area contributed by atoms with Crippen molar-refractivity contribution in [3.05, 3.63) is 206 Å². The first kappa shape index (κ1) is 31.0. The van der Waals surface area contributed by atoms with Crippen LogP contribution in [0, 0.1) is 0 Å². The number of hydrogen-bond donors (Lipinski definition) is 0. The molecule has 0 unspecified atom stereocenters. The number of para-hydroxylation sites is 2. The van der Waals surface area contributed by atoms with E-state index in [1.54, 1.807) is 0 Å². The van der Waals surface area contributed by atoms with Gasteiger partial charge in [-0.1, -0.05) is 152 Å². The minimum absolute atomic E-state index is 1.16. The van der Waals surface area contributed by atoms with Gasteiger partial charge in [0.25, 0.3) is 0 Å². The lowest BCUT2D eigenvalue weighted by Gasteiger charge is -2.15. The summed E-state index contributed by atoms with van der Waals surface area (Å²) in [7, 11) is 0. The van der Waals surface area contributed by atoms with E-state index in [1.807, 2.05) is 0 Å². The lowest BCUT2D eigenvalue weighted by molar-refractivity contribution is 1.18. The zero-order valence-corrected chi connectivity index (χ0v) is 30.5. The highest BCUT2D eigenvalue weighted by Crippen LogP contribution is 2.48. The Bertz CT molecular complexity index is 3330. The minimum Gasteiger partial charge on any atom is -0.309 e. The minimum atomic E-state index is 1.16. The van der Waals surface area contributed by atoms with Gasteiger partial charge in [-0.05, 0) is 99.1 Å². The maximum Gasteiger partial charge on any atom is 0.0619 e. The molecule has 0 saturated carbocycles. The summed E-state index contributed by atoms with van der Waals surface area (Å²) in [5, 5.41) is 5.04. The lowest BCUT2D eigenvalue weighted by atomic mass is 9.91. The number of rotatable bonds is 4. The molecular weight excluding hydrogens is 677 g/mol. The molecule has 0 fully saturated rings. The molecule has 0 bridgehead atoms. The van der Waals surface area contributed by atoms with Crippen molar-refractivity contribution in [2.24, 2.45) is 0 Å². The summed E-state index contributed by atoms with van der Waals surface area (Å²) in [6.07, 6.45) is 0. The molecule has 0 aliphatic carbocycles. The van der Waals surface area contributed by atoms with Crippen molar-refractivity contribution in [1.82, 2.24) is 9.13 Å². The van der Waals surface area contributed by atoms with Gasteiger partial charge in [-0.3, -0.25) is 0 Å². The van der Waals surface area contributed by atoms with E-state index < -0.39 is 0 Å². The molecule has 11 aromatic rings. The fourth-order valence-corrected chi connectivity index (χ4v) is 9.29. The molecule has 2 aromatic heterocycles. The lowest BCUT2D eigenvalue weighted by Crippen LogP contribution is -1.96. The predicted molar refractivity (Wildman–Crippen MR) is 236 cm³/mol. The molecule has 1 aliphatic rings. The smallest absolute Gasteiger partial charge is 0.0619 e. The van der Waals surface area contributed by atoms with Gasteiger partial charge in [-0.25, -0.2) is 0 Å². The van der Waals surface area contributed by atoms with E-state index in [9.17, 15) is 0 Å². The van der Waals surface area contributed by atoms with Gasteiger partial charge >= 0.3 is 0 Å². The molecular formula is C54H34N2. The van der Waals surface area contributed by atoms with Crippen LogP contribution in [0.5, 0.6) is 0 Å². The molecule has 1 aliphatic heterocycles. The number of hydrogen-bond acceptors (Lipinski definition) is 0. The zero-order valence-electron chi connectivity index (χ0n) is 30.5. The van der Waals surface area contributed by atoms with E-state index in [0.717, 1.165) is 5.69 Å². The molecule has 0 spiro atoms. The van der Waals surface area contributed by atoms with Crippen molar-refractivity contribution in [2.45, 2.75) is 0 Å². The Morgan fingerprint density at radius 1 is 0.250 bits per heavy atom. The highest BCUT2D eigenvalue weighted by Gasteiger charge is 2.25. The normalized spacial score (nSPS) is 11.9. The second kappa shape index (κ2) is 12.0. The molecule has 0 atom stereocenters. The van der Waals surface area contributed by atoms with Crippen LogP contribution in [0.25, 0.3) is 111 Å². The van der Waals surface area contributed by atoms with Gasteiger partial charge in [-0.15, -0.1) is 0 Å². The number of aromatic nitrogens is 2. The van der Waals surface area contributed by atoms with E-state index in [2.05, 4.69) is 215 Å². The Morgan fingerprint density at radius 3 is 1.46 bits per heavy atom. The summed E-state index contributed by atoms with van der Waals surface area (Å²) in [4.78, 5) is 0. The first-order valence-electron chi connectivity index (χ1n) is 19.3. The second-order valence-corrected chi connectivity index (χ2v) is 14.9. The van der Waals surface area contributed by atoms with Crippen LogP contribution in [0.3, 0.4) is 0 Å². The predicted octanol–water partition coefficient (Wildman–Crippen LogP) is 14.5. The van der Waals surface area contributed by atoms with Crippen LogP contribution in [0.15, 0.2) is 206 Å². The van der Waals surface area contributed by atoms with Crippen LogP contribution in [0.2, 0.25) is 0 Å². The van der Waals surface area contributed by atoms with E-state index in [0.29, 0.717) is 0 Å². The molecule has 56 heavy (non-hydrogen) atoms. The van der Waals surface area contributed by atoms with Gasteiger partial charge in [-0.2, -0.15) is 0 Å². The standard InChI is InChI=1S/C54H34N2/c1-3-12-35(13-4-1)37-22-27-41(28-23-37)55-50-21-10-9-18-44(50)48-33-39(25-29-51(48)55)40-26-31-53-49(34-40)46-20-11-19-45-42-16-7-8-17-43(42)47-32-38(36-14-5-2-6-15-36)24-30-52(47)56(53)54(45)46/h1-34H. The molecule has 260 valence electrons. The number of fused-ring (bicyclic) bond motifs is 11. The molecule has 9 aromatic carbocycles. The molecule has 2 heteroatoms. The number of benzene rings is 9. The van der Waals surface area contributed by atoms with Crippen molar-refractivity contribution in [2.75, 3.05) is 0 Å². The van der Waals surface area contributed by atoms with Gasteiger partial charge in [0, 0.05) is 38.4 Å². The first-order valence-corrected chi connectivity index (χ1v) is 19.3. The van der Waals surface area contributed by atoms with Crippen molar-refractivity contribution in [1.29, 1.82) is 0 Å². The van der Waals surface area contributed by atoms with E-state index in [1.165, 1.54) is 105 Å². The van der Waals surface area contributed by atoms with Crippen LogP contribution in [-0.2, 0) is 0 Å². The average molecular weight is 711 g/mol. The van der Waals surface area contributed by atoms with Crippen molar-refractivity contribution >= 4 is 43.6 Å². The Balaban J connectivity index is 1.03. The molecule has 3 heterocycles. The second-order valence-electron chi connectivity index (χ2n) is 14.9. The van der Waals surface area contributed by atoms with Crippen molar-refractivity contribution in [3.63, 3.8) is 0 Å². The summed E-state index contributed by atoms with van der Waals surface area (Å²) in [5.41, 5.74) is 19.6. The summed E-state index contributed by atoms with van der Waals surface area (Å²) >= 11 is 0. The molecule has 0 amide bonds. The first-order chi connectivity index (χ1) is 27.8. The Hall–Kier alpha value is -7.42. The monoisotopic (exact) mass is 710 g/mol. The zero-order chi connectivity index (χ0) is 36.7. The largest absolute Gasteiger partial charge is 0.309 e. The molecule has 2 nitrogen and oxygen atoms in total. The third kappa shape index (κ3) is 4.57. The van der Waals surface area contributed by atoms with Crippen LogP contribution >= 0.6 is 0 Å². The van der Waals surface area contributed by atoms with Gasteiger partial charge in [0.05, 0.1) is 27.8 Å². The quantitative estimate of drug-likeness (QED) is 0.172. The SMILES string of the molecule is c1ccc(-c2ccc(-n3c4ccccc4c4cc(-c5ccc6c(c5)c5cccc7c5n6-c5ccc(-c6ccccc6)cc5-c5ccccc5-7)ccc43)cc2)cc1. The van der Waals surface area contributed by atoms with Crippen molar-refractivity contribution < 1.29 is 0 Å². The van der Waals surface area contributed by atoms with Crippen LogP contribution < -0.4 is 0 Å². The van der Waals surface area contributed by atoms with E-state index >= 15 is 0 Å². The van der Waals surface area contributed by atoms with Crippen LogP contribution in [0.4, 0.5) is 0 Å². The van der Waals surface area contributed by atoms with Crippen LogP contribution in [0.1, 0.15) is 0 Å². The van der Waals surface area contributed by atoms with Crippen LogP contribution in [-0.4, -0.2) is 9.13 Å². The third-order valence-electron chi connectivity index (χ3n) is 11.9. The van der Waals surface area contributed by atoms with Gasteiger partial charge in [0.2, 0.25) is 0 Å². The van der Waals surface area contributed by atoms with Gasteiger partial charge in [0.15, 0.2) is 0 Å². The van der Waals surface area contributed by atoms with Crippen molar-refractivity contribution in [3.8, 4) is 67.0 Å². The highest BCUT2D eigenvalue weighted by atomic mass is 15.0. The summed E-state index contributed by atoms with van der Waals surface area (Å²) < 4.78 is 4.91. The van der Waals surface area contributed by atoms with E-state index in [4.69, 9.17) is 0 Å². The number of nitrogens with zero attached hydrogens (tertiary/aromatic N) is 2. The maximum atomic E-state index is 2.51. The topological polar surface area (TPSA) is 9.86 Å². The van der Waals surface area contributed by atoms with E-state index in [-0.39, 0.29) is 0 Å². The summed E-state index contributed by atoms with van der Waals surface area (Å²) in [5.74, 6) is 0. The third-order valence-corrected chi connectivity index (χ3v) is 11.9. The Labute approximate surface area is 324 Å². The molecule has 0 N–H and O–H groups in total. The average Bonchev–Trinajstić information content (AvgIpc) is 3.75. The Morgan fingerprint density at radius 2 is 0.732 bits per heavy atom. The summed E-state index contributed by atoms with van der Waals surface area (Å²) in [6, 6.07) is 75.8. The van der Waals surface area contributed by atoms with Gasteiger partial charge in [0.1, 0.15) is 0 Å². The Kier molecular flexibility index (Phi) is 6.66. The molecule has 0 radical (unpaired) electrons. The molecule has 0 saturated heterocycles. The molecule has 12 rings (SSSR count). The maximum absolute atomic E-state index is 2.51. The fourth-order valence-electron chi connectivity index (χ4n) is 9.29. The van der Waals surface area contributed by atoms with Gasteiger partial charge < -0.3 is 9.13 Å². The fraction of sp³-hybridized carbons (Fsp3) is 0.